The summed E-state index contributed by atoms with van der Waals surface area (Å²) in [5, 5.41) is 2.86. The molecule has 0 radical (unpaired) electrons. The fourth-order valence-electron chi connectivity index (χ4n) is 2.44. The maximum Gasteiger partial charge on any atom is 0.321 e. The van der Waals surface area contributed by atoms with Crippen molar-refractivity contribution in [1.29, 1.82) is 0 Å². The lowest BCUT2D eigenvalue weighted by Gasteiger charge is -2.21. The maximum absolute atomic E-state index is 12.3. The number of anilines is 1. The van der Waals surface area contributed by atoms with E-state index in [0.717, 1.165) is 11.4 Å². The Labute approximate surface area is 140 Å². The first-order chi connectivity index (χ1) is 11.8. The molecule has 2 aromatic rings. The largest absolute Gasteiger partial charge is 0.492 e. The Hall–Kier alpha value is -2.89. The average molecular weight is 328 g/mol. The third-order valence-corrected chi connectivity index (χ3v) is 3.62. The number of hydrogen-bond acceptors (Lipinski definition) is 4. The van der Waals surface area contributed by atoms with Gasteiger partial charge in [-0.15, -0.1) is 0 Å². The molecule has 0 saturated heterocycles. The molecule has 126 valence electrons. The quantitative estimate of drug-likeness (QED) is 0.828. The fourth-order valence-corrected chi connectivity index (χ4v) is 2.44. The molecule has 0 bridgehead atoms. The van der Waals surface area contributed by atoms with Crippen LogP contribution in [0.1, 0.15) is 6.92 Å². The number of carbonyl (C=O) groups is 1. The second kappa shape index (κ2) is 7.59. The number of hydrogen-bond donors (Lipinski definition) is 1. The van der Waals surface area contributed by atoms with E-state index in [9.17, 15) is 4.79 Å². The minimum atomic E-state index is -0.141. The molecule has 3 rings (SSSR count). The first-order valence-electron chi connectivity index (χ1n) is 7.91. The molecular weight excluding hydrogens is 308 g/mol. The van der Waals surface area contributed by atoms with Crippen molar-refractivity contribution in [2.75, 3.05) is 31.4 Å². The van der Waals surface area contributed by atoms with Gasteiger partial charge in [0.1, 0.15) is 12.4 Å². The van der Waals surface area contributed by atoms with Gasteiger partial charge in [-0.2, -0.15) is 0 Å². The van der Waals surface area contributed by atoms with Crippen LogP contribution >= 0.6 is 0 Å². The molecule has 0 aromatic heterocycles. The highest BCUT2D eigenvalue weighted by Crippen LogP contribution is 2.34. The maximum atomic E-state index is 12.3. The van der Waals surface area contributed by atoms with Crippen molar-refractivity contribution < 1.29 is 19.0 Å². The number of para-hydroxylation sites is 1. The predicted octanol–water partition coefficient (Wildman–Crippen LogP) is 3.03. The van der Waals surface area contributed by atoms with Crippen LogP contribution in [0.5, 0.6) is 17.2 Å². The van der Waals surface area contributed by atoms with Gasteiger partial charge in [0.25, 0.3) is 0 Å². The summed E-state index contributed by atoms with van der Waals surface area (Å²) in [7, 11) is 0. The molecule has 6 heteroatoms. The summed E-state index contributed by atoms with van der Waals surface area (Å²) in [4.78, 5) is 13.9. The van der Waals surface area contributed by atoms with Gasteiger partial charge in [0, 0.05) is 18.3 Å². The number of rotatable bonds is 6. The van der Waals surface area contributed by atoms with E-state index < -0.39 is 0 Å². The van der Waals surface area contributed by atoms with E-state index in [4.69, 9.17) is 14.2 Å². The average Bonchev–Trinajstić information content (AvgIpc) is 3.08. The molecule has 24 heavy (non-hydrogen) atoms. The van der Waals surface area contributed by atoms with Gasteiger partial charge in [0.2, 0.25) is 6.79 Å². The van der Waals surface area contributed by atoms with Crippen molar-refractivity contribution >= 4 is 11.7 Å². The van der Waals surface area contributed by atoms with E-state index in [-0.39, 0.29) is 12.8 Å². The van der Waals surface area contributed by atoms with Crippen molar-refractivity contribution in [3.8, 4) is 17.2 Å². The molecule has 6 nitrogen and oxygen atoms in total. The van der Waals surface area contributed by atoms with Gasteiger partial charge in [-0.3, -0.25) is 4.90 Å². The van der Waals surface area contributed by atoms with Crippen LogP contribution < -0.4 is 24.4 Å². The third-order valence-electron chi connectivity index (χ3n) is 3.62. The smallest absolute Gasteiger partial charge is 0.321 e. The number of nitrogens with one attached hydrogen (secondary N) is 1. The van der Waals surface area contributed by atoms with E-state index in [2.05, 4.69) is 5.32 Å². The van der Waals surface area contributed by atoms with Crippen LogP contribution in [-0.4, -0.2) is 32.5 Å². The van der Waals surface area contributed by atoms with E-state index in [1.54, 1.807) is 11.0 Å². The number of fused-ring (bicyclic) bond motifs is 1. The summed E-state index contributed by atoms with van der Waals surface area (Å²) in [6, 6.07) is 14.8. The number of benzene rings is 2. The lowest BCUT2D eigenvalue weighted by molar-refractivity contribution is 0.173. The zero-order valence-electron chi connectivity index (χ0n) is 13.5. The third kappa shape index (κ3) is 3.71. The van der Waals surface area contributed by atoms with Crippen molar-refractivity contribution in [3.63, 3.8) is 0 Å². The lowest BCUT2D eigenvalue weighted by Crippen LogP contribution is -2.41. The normalized spacial score (nSPS) is 11.9. The van der Waals surface area contributed by atoms with Gasteiger partial charge in [0.15, 0.2) is 11.5 Å². The second-order valence-corrected chi connectivity index (χ2v) is 5.18. The van der Waals surface area contributed by atoms with Crippen molar-refractivity contribution in [3.05, 3.63) is 48.5 Å². The number of ether oxygens (including phenoxy) is 3. The molecule has 1 heterocycles. The Bertz CT molecular complexity index is 691. The minimum Gasteiger partial charge on any atom is -0.492 e. The molecule has 2 amide bonds. The van der Waals surface area contributed by atoms with Crippen molar-refractivity contribution in [2.45, 2.75) is 6.92 Å². The van der Waals surface area contributed by atoms with Gasteiger partial charge >= 0.3 is 6.03 Å². The summed E-state index contributed by atoms with van der Waals surface area (Å²) in [5.41, 5.74) is 0.870. The number of nitrogens with zero attached hydrogens (tertiary/aromatic N) is 1. The molecule has 0 unspecified atom stereocenters. The molecule has 0 saturated carbocycles. The monoisotopic (exact) mass is 328 g/mol. The van der Waals surface area contributed by atoms with E-state index in [0.29, 0.717) is 31.2 Å². The van der Waals surface area contributed by atoms with E-state index in [1.807, 2.05) is 49.4 Å². The Balaban J connectivity index is 1.46. The topological polar surface area (TPSA) is 60.0 Å². The number of urea groups is 1. The van der Waals surface area contributed by atoms with Crippen LogP contribution in [0.2, 0.25) is 0 Å². The summed E-state index contributed by atoms with van der Waals surface area (Å²) in [6.07, 6.45) is 0. The Morgan fingerprint density at radius 3 is 2.75 bits per heavy atom. The fraction of sp³-hybridized carbons (Fsp3) is 0.278. The summed E-state index contributed by atoms with van der Waals surface area (Å²) in [6.45, 7) is 3.56. The summed E-state index contributed by atoms with van der Waals surface area (Å²) >= 11 is 0. The zero-order valence-corrected chi connectivity index (χ0v) is 13.5. The zero-order chi connectivity index (χ0) is 16.8. The molecule has 2 aromatic carbocycles. The highest BCUT2D eigenvalue weighted by Gasteiger charge is 2.14. The molecule has 0 fully saturated rings. The SMILES string of the molecule is CCN(C(=O)NCCOc1ccc2c(c1)OCO2)c1ccccc1. The van der Waals surface area contributed by atoms with Crippen LogP contribution in [0, 0.1) is 0 Å². The van der Waals surface area contributed by atoms with Gasteiger partial charge in [-0.25, -0.2) is 4.79 Å². The molecule has 0 atom stereocenters. The van der Waals surface area contributed by atoms with Gasteiger partial charge in [-0.05, 0) is 31.2 Å². The summed E-state index contributed by atoms with van der Waals surface area (Å²) < 4.78 is 16.2. The number of carbonyl (C=O) groups excluding carboxylic acids is 1. The highest BCUT2D eigenvalue weighted by atomic mass is 16.7. The van der Waals surface area contributed by atoms with Crippen LogP contribution in [-0.2, 0) is 0 Å². The Kier molecular flexibility index (Phi) is 5.05. The van der Waals surface area contributed by atoms with E-state index in [1.165, 1.54) is 0 Å². The Morgan fingerprint density at radius 1 is 1.17 bits per heavy atom. The predicted molar refractivity (Wildman–Crippen MR) is 90.9 cm³/mol. The number of amides is 2. The van der Waals surface area contributed by atoms with Gasteiger partial charge in [0.05, 0.1) is 6.54 Å². The first kappa shape index (κ1) is 16.0. The van der Waals surface area contributed by atoms with Crippen molar-refractivity contribution in [1.82, 2.24) is 5.32 Å². The van der Waals surface area contributed by atoms with Crippen LogP contribution in [0.25, 0.3) is 0 Å². The lowest BCUT2D eigenvalue weighted by atomic mass is 10.3. The highest BCUT2D eigenvalue weighted by molar-refractivity contribution is 5.91. The van der Waals surface area contributed by atoms with Crippen LogP contribution in [0.15, 0.2) is 48.5 Å². The second-order valence-electron chi connectivity index (χ2n) is 5.18. The van der Waals surface area contributed by atoms with Crippen molar-refractivity contribution in [2.24, 2.45) is 0 Å². The van der Waals surface area contributed by atoms with Gasteiger partial charge in [-0.1, -0.05) is 18.2 Å². The van der Waals surface area contributed by atoms with Gasteiger partial charge < -0.3 is 19.5 Å². The molecule has 0 spiro atoms. The minimum absolute atomic E-state index is 0.141. The molecule has 1 N–H and O–H groups in total. The molecular formula is C18H20N2O4. The summed E-state index contributed by atoms with van der Waals surface area (Å²) in [5.74, 6) is 2.08. The molecule has 1 aliphatic heterocycles. The molecule has 0 aliphatic carbocycles. The first-order valence-corrected chi connectivity index (χ1v) is 7.91. The van der Waals surface area contributed by atoms with E-state index >= 15 is 0 Å². The van der Waals surface area contributed by atoms with Crippen LogP contribution in [0.4, 0.5) is 10.5 Å². The van der Waals surface area contributed by atoms with Crippen LogP contribution in [0.3, 0.4) is 0 Å². The Morgan fingerprint density at radius 2 is 1.96 bits per heavy atom. The molecule has 1 aliphatic rings. The standard InChI is InChI=1S/C18H20N2O4/c1-2-20(14-6-4-3-5-7-14)18(21)19-10-11-22-15-8-9-16-17(12-15)24-13-23-16/h3-9,12H,2,10-11,13H2,1H3,(H,19,21).